The molecule has 0 unspecified atom stereocenters. The fourth-order valence-corrected chi connectivity index (χ4v) is 6.33. The molecule has 0 radical (unpaired) electrons. The molecule has 0 bridgehead atoms. The van der Waals surface area contributed by atoms with Crippen LogP contribution in [0.2, 0.25) is 0 Å². The van der Waals surface area contributed by atoms with Gasteiger partial charge in [0.1, 0.15) is 0 Å². The van der Waals surface area contributed by atoms with Crippen LogP contribution in [0.1, 0.15) is 72.3 Å². The summed E-state index contributed by atoms with van der Waals surface area (Å²) >= 11 is 0. The van der Waals surface area contributed by atoms with Gasteiger partial charge in [-0.05, 0) is 89.8 Å². The molecule has 1 aliphatic heterocycles. The van der Waals surface area contributed by atoms with Crippen LogP contribution in [0.4, 0.5) is 5.69 Å². The van der Waals surface area contributed by atoms with E-state index in [1.54, 1.807) is 0 Å². The Hall–Kier alpha value is -1.07. The van der Waals surface area contributed by atoms with Crippen molar-refractivity contribution in [2.24, 2.45) is 11.8 Å². The lowest BCUT2D eigenvalue weighted by atomic mass is 9.80. The van der Waals surface area contributed by atoms with Crippen molar-refractivity contribution < 1.29 is 13.2 Å². The molecule has 1 saturated heterocycles. The fourth-order valence-electron chi connectivity index (χ4n) is 4.88. The number of aryl methyl sites for hydroxylation is 1. The van der Waals surface area contributed by atoms with Crippen LogP contribution < -0.4 is 4.90 Å². The summed E-state index contributed by atoms with van der Waals surface area (Å²) < 4.78 is 30.2. The highest BCUT2D eigenvalue weighted by molar-refractivity contribution is 7.92. The highest BCUT2D eigenvalue weighted by Crippen LogP contribution is 2.34. The minimum atomic E-state index is -3.00. The fraction of sp³-hybridized carbons (Fsp3) is 0.760. The molecule has 1 saturated carbocycles. The van der Waals surface area contributed by atoms with Gasteiger partial charge in [0.2, 0.25) is 0 Å². The van der Waals surface area contributed by atoms with Crippen LogP contribution in [0, 0.1) is 11.8 Å². The molecule has 1 aromatic rings. The van der Waals surface area contributed by atoms with Crippen molar-refractivity contribution in [3.05, 3.63) is 29.8 Å². The summed E-state index contributed by atoms with van der Waals surface area (Å²) in [5.74, 6) is 1.45. The van der Waals surface area contributed by atoms with Gasteiger partial charge in [-0.15, -0.1) is 0 Å². The van der Waals surface area contributed by atoms with E-state index in [9.17, 15) is 8.42 Å². The van der Waals surface area contributed by atoms with E-state index in [1.165, 1.54) is 30.5 Å². The summed E-state index contributed by atoms with van der Waals surface area (Å²) in [6.45, 7) is 11.7. The van der Waals surface area contributed by atoms with Crippen LogP contribution in [-0.2, 0) is 21.0 Å². The number of nitrogens with zero attached hydrogens (tertiary/aromatic N) is 1. The van der Waals surface area contributed by atoms with Crippen LogP contribution in [0.3, 0.4) is 0 Å². The number of benzene rings is 1. The average Bonchev–Trinajstić information content (AvgIpc) is 2.66. The molecule has 1 aromatic carbocycles. The topological polar surface area (TPSA) is 46.6 Å². The molecule has 0 N–H and O–H groups in total. The van der Waals surface area contributed by atoms with Gasteiger partial charge in [-0.1, -0.05) is 25.0 Å². The molecule has 1 aliphatic carbocycles. The van der Waals surface area contributed by atoms with E-state index >= 15 is 0 Å². The van der Waals surface area contributed by atoms with E-state index < -0.39 is 14.6 Å². The number of morpholine rings is 1. The zero-order valence-electron chi connectivity index (χ0n) is 19.6. The quantitative estimate of drug-likeness (QED) is 0.612. The van der Waals surface area contributed by atoms with Crippen LogP contribution in [-0.4, -0.2) is 44.2 Å². The predicted molar refractivity (Wildman–Crippen MR) is 126 cm³/mol. The third kappa shape index (κ3) is 6.23. The van der Waals surface area contributed by atoms with Crippen LogP contribution >= 0.6 is 0 Å². The van der Waals surface area contributed by atoms with E-state index in [-0.39, 0.29) is 12.2 Å². The molecule has 0 aromatic heterocycles. The minimum Gasteiger partial charge on any atom is -0.372 e. The maximum atomic E-state index is 12.5. The number of ether oxygens (including phenoxy) is 1. The molecule has 1 heterocycles. The largest absolute Gasteiger partial charge is 0.372 e. The van der Waals surface area contributed by atoms with E-state index in [1.807, 2.05) is 20.8 Å². The third-order valence-electron chi connectivity index (χ3n) is 6.92. The number of hydrogen-bond donors (Lipinski definition) is 0. The van der Waals surface area contributed by atoms with Crippen molar-refractivity contribution in [2.75, 3.05) is 23.7 Å². The highest BCUT2D eigenvalue weighted by Gasteiger charge is 2.33. The van der Waals surface area contributed by atoms with Crippen LogP contribution in [0.15, 0.2) is 24.3 Å². The van der Waals surface area contributed by atoms with Gasteiger partial charge >= 0.3 is 0 Å². The Balaban J connectivity index is 1.44. The lowest BCUT2D eigenvalue weighted by Gasteiger charge is -2.37. The lowest BCUT2D eigenvalue weighted by Crippen LogP contribution is -2.45. The molecule has 4 nitrogen and oxygen atoms in total. The monoisotopic (exact) mass is 435 g/mol. The van der Waals surface area contributed by atoms with Crippen molar-refractivity contribution in [2.45, 2.75) is 90.1 Å². The van der Waals surface area contributed by atoms with Gasteiger partial charge < -0.3 is 9.64 Å². The molecular formula is C25H41NO3S. The molecule has 5 heteroatoms. The molecule has 0 amide bonds. The Bertz CT molecular complexity index is 764. The molecule has 0 spiro atoms. The van der Waals surface area contributed by atoms with E-state index in [2.05, 4.69) is 43.0 Å². The van der Waals surface area contributed by atoms with Gasteiger partial charge in [0.15, 0.2) is 9.84 Å². The lowest BCUT2D eigenvalue weighted by molar-refractivity contribution is -0.00521. The van der Waals surface area contributed by atoms with Crippen LogP contribution in [0.5, 0.6) is 0 Å². The first-order valence-electron chi connectivity index (χ1n) is 11.7. The summed E-state index contributed by atoms with van der Waals surface area (Å²) in [6.07, 6.45) is 7.36. The molecule has 2 aliphatic rings. The minimum absolute atomic E-state index is 0.280. The van der Waals surface area contributed by atoms with E-state index in [0.717, 1.165) is 38.3 Å². The molecule has 30 heavy (non-hydrogen) atoms. The van der Waals surface area contributed by atoms with Crippen molar-refractivity contribution >= 4 is 15.5 Å². The number of anilines is 1. The average molecular weight is 436 g/mol. The first kappa shape index (κ1) is 23.6. The number of sulfone groups is 1. The van der Waals surface area contributed by atoms with E-state index in [0.29, 0.717) is 11.7 Å². The molecule has 2 atom stereocenters. The zero-order chi connectivity index (χ0) is 21.9. The number of hydrogen-bond acceptors (Lipinski definition) is 4. The Labute approximate surface area is 184 Å². The van der Waals surface area contributed by atoms with E-state index in [4.69, 9.17) is 4.74 Å². The summed E-state index contributed by atoms with van der Waals surface area (Å²) in [5, 5.41) is 0. The first-order valence-corrected chi connectivity index (χ1v) is 13.4. The predicted octanol–water partition coefficient (Wildman–Crippen LogP) is 5.25. The highest BCUT2D eigenvalue weighted by atomic mass is 32.2. The van der Waals surface area contributed by atoms with Gasteiger partial charge in [0, 0.05) is 18.8 Å². The van der Waals surface area contributed by atoms with Crippen molar-refractivity contribution in [3.8, 4) is 0 Å². The molecular weight excluding hydrogens is 394 g/mol. The standard InChI is InChI=1S/C25H41NO3S/c1-19-16-26(17-20(2)29-19)24-14-12-22(13-15-24)7-6-21-8-10-23(11-9-21)18-30(27,28)25(3,4)5/h12-15,19-21,23H,6-11,16-18H2,1-5H3/t19-,20-,21?,23?/m1/s1. The van der Waals surface area contributed by atoms with Gasteiger partial charge in [-0.25, -0.2) is 8.42 Å². The van der Waals surface area contributed by atoms with Gasteiger partial charge in [0.25, 0.3) is 0 Å². The Kier molecular flexibility index (Phi) is 7.55. The first-order chi connectivity index (χ1) is 14.0. The second-order valence-corrected chi connectivity index (χ2v) is 13.4. The Morgan fingerprint density at radius 2 is 1.47 bits per heavy atom. The van der Waals surface area contributed by atoms with Crippen molar-refractivity contribution in [3.63, 3.8) is 0 Å². The summed E-state index contributed by atoms with van der Waals surface area (Å²) in [7, 11) is -3.00. The molecule has 170 valence electrons. The SMILES string of the molecule is C[C@@H]1CN(c2ccc(CCC3CCC(CS(=O)(=O)C(C)(C)C)CC3)cc2)C[C@@H](C)O1. The van der Waals surface area contributed by atoms with Crippen molar-refractivity contribution in [1.29, 1.82) is 0 Å². The smallest absolute Gasteiger partial charge is 0.155 e. The summed E-state index contributed by atoms with van der Waals surface area (Å²) in [6, 6.07) is 9.08. The third-order valence-corrected chi connectivity index (χ3v) is 9.69. The van der Waals surface area contributed by atoms with Gasteiger partial charge in [0.05, 0.1) is 22.7 Å². The zero-order valence-corrected chi connectivity index (χ0v) is 20.4. The Morgan fingerprint density at radius 3 is 2.00 bits per heavy atom. The second kappa shape index (κ2) is 9.60. The van der Waals surface area contributed by atoms with Gasteiger partial charge in [-0.2, -0.15) is 0 Å². The van der Waals surface area contributed by atoms with Crippen molar-refractivity contribution in [1.82, 2.24) is 0 Å². The summed E-state index contributed by atoms with van der Waals surface area (Å²) in [4.78, 5) is 2.43. The molecule has 2 fully saturated rings. The molecule has 3 rings (SSSR count). The maximum Gasteiger partial charge on any atom is 0.155 e. The Morgan fingerprint density at radius 1 is 0.933 bits per heavy atom. The second-order valence-electron chi connectivity index (χ2n) is 10.6. The maximum absolute atomic E-state index is 12.5. The van der Waals surface area contributed by atoms with Gasteiger partial charge in [-0.3, -0.25) is 0 Å². The summed E-state index contributed by atoms with van der Waals surface area (Å²) in [5.41, 5.74) is 2.70. The number of rotatable bonds is 6. The van der Waals surface area contributed by atoms with Crippen LogP contribution in [0.25, 0.3) is 0 Å². The normalized spacial score (nSPS) is 28.5.